The number of aromatic nitrogens is 1. The zero-order chi connectivity index (χ0) is 27.5. The monoisotopic (exact) mass is 551 g/mol. The maximum Gasteiger partial charge on any atom is 0.228 e. The van der Waals surface area contributed by atoms with Gasteiger partial charge in [-0.3, -0.25) is 4.79 Å². The van der Waals surface area contributed by atoms with Crippen LogP contribution in [0.2, 0.25) is 0 Å². The molecule has 1 heterocycles. The SMILES string of the molecule is CCCCCCCCCCCCCCOc1c(CC(=O)Nc2ccc(C[n+]3ccsc3)cc2)cccc1OC. The van der Waals surface area contributed by atoms with Crippen LogP contribution >= 0.6 is 11.3 Å². The standard InChI is InChI=1S/C33H46N2O3S/c1-3-4-5-6-7-8-9-10-11-12-13-14-23-38-33-29(16-15-17-31(33)37-2)25-32(36)34-30-20-18-28(19-21-30)26-35-22-24-39-27-35/h15-22,24,27H,3-14,23,25-26H2,1-2H3/p+1. The molecule has 0 spiro atoms. The van der Waals surface area contributed by atoms with Crippen LogP contribution in [-0.4, -0.2) is 19.6 Å². The van der Waals surface area contributed by atoms with E-state index < -0.39 is 0 Å². The Hall–Kier alpha value is -2.86. The first-order valence-corrected chi connectivity index (χ1v) is 15.7. The summed E-state index contributed by atoms with van der Waals surface area (Å²) in [5.41, 5.74) is 4.91. The van der Waals surface area contributed by atoms with Gasteiger partial charge in [0.2, 0.25) is 11.4 Å². The summed E-state index contributed by atoms with van der Waals surface area (Å²) in [6.45, 7) is 3.73. The number of rotatable bonds is 20. The van der Waals surface area contributed by atoms with Crippen molar-refractivity contribution < 1.29 is 18.8 Å². The molecular formula is C33H47N2O3S+. The second kappa shape index (κ2) is 18.4. The topological polar surface area (TPSA) is 51.4 Å². The zero-order valence-electron chi connectivity index (χ0n) is 24.0. The first kappa shape index (κ1) is 30.7. The van der Waals surface area contributed by atoms with Crippen molar-refractivity contribution in [2.24, 2.45) is 0 Å². The molecule has 39 heavy (non-hydrogen) atoms. The molecule has 0 bridgehead atoms. The van der Waals surface area contributed by atoms with Crippen molar-refractivity contribution in [3.63, 3.8) is 0 Å². The van der Waals surface area contributed by atoms with Crippen LogP contribution < -0.4 is 19.4 Å². The molecule has 0 atom stereocenters. The van der Waals surface area contributed by atoms with E-state index in [-0.39, 0.29) is 12.3 Å². The summed E-state index contributed by atoms with van der Waals surface area (Å²) in [7, 11) is 1.64. The lowest BCUT2D eigenvalue weighted by molar-refractivity contribution is -0.683. The van der Waals surface area contributed by atoms with E-state index in [0.717, 1.165) is 24.2 Å². The summed E-state index contributed by atoms with van der Waals surface area (Å²) in [6.07, 6.45) is 18.0. The van der Waals surface area contributed by atoms with Crippen LogP contribution in [0.15, 0.2) is 59.6 Å². The number of unbranched alkanes of at least 4 members (excludes halogenated alkanes) is 11. The number of methoxy groups -OCH3 is 1. The molecule has 212 valence electrons. The van der Waals surface area contributed by atoms with Crippen molar-refractivity contribution in [2.45, 2.75) is 96.9 Å². The Labute approximate surface area is 239 Å². The first-order chi connectivity index (χ1) is 19.2. The van der Waals surface area contributed by atoms with Gasteiger partial charge in [0.25, 0.3) is 0 Å². The van der Waals surface area contributed by atoms with Crippen molar-refractivity contribution in [3.8, 4) is 11.5 Å². The zero-order valence-corrected chi connectivity index (χ0v) is 24.8. The number of thiazole rings is 1. The Morgan fingerprint density at radius 2 is 1.54 bits per heavy atom. The van der Waals surface area contributed by atoms with Crippen molar-refractivity contribution in [3.05, 3.63) is 70.7 Å². The smallest absolute Gasteiger partial charge is 0.228 e. The maximum absolute atomic E-state index is 12.9. The van der Waals surface area contributed by atoms with Crippen LogP contribution in [0.25, 0.3) is 0 Å². The summed E-state index contributed by atoms with van der Waals surface area (Å²) >= 11 is 1.67. The van der Waals surface area contributed by atoms with E-state index >= 15 is 0 Å². The number of hydrogen-bond donors (Lipinski definition) is 1. The average Bonchev–Trinajstić information content (AvgIpc) is 3.46. The molecule has 3 aromatic rings. The number of carbonyl (C=O) groups is 1. The normalized spacial score (nSPS) is 10.9. The number of nitrogens with zero attached hydrogens (tertiary/aromatic N) is 1. The highest BCUT2D eigenvalue weighted by Crippen LogP contribution is 2.32. The number of amides is 1. The maximum atomic E-state index is 12.9. The largest absolute Gasteiger partial charge is 0.493 e. The Kier molecular flexibility index (Phi) is 14.5. The quantitative estimate of drug-likeness (QED) is 0.113. The van der Waals surface area contributed by atoms with E-state index in [1.54, 1.807) is 18.4 Å². The van der Waals surface area contributed by atoms with Gasteiger partial charge in [-0.25, -0.2) is 0 Å². The molecule has 3 rings (SSSR count). The lowest BCUT2D eigenvalue weighted by Gasteiger charge is -2.15. The highest BCUT2D eigenvalue weighted by molar-refractivity contribution is 7.07. The van der Waals surface area contributed by atoms with E-state index in [1.165, 1.54) is 76.2 Å². The molecule has 1 N–H and O–H groups in total. The summed E-state index contributed by atoms with van der Waals surface area (Å²) in [4.78, 5) is 12.9. The molecule has 6 heteroatoms. The van der Waals surface area contributed by atoms with E-state index in [0.29, 0.717) is 18.1 Å². The van der Waals surface area contributed by atoms with Crippen molar-refractivity contribution >= 4 is 22.9 Å². The van der Waals surface area contributed by atoms with Crippen LogP contribution in [0.1, 0.15) is 95.1 Å². The van der Waals surface area contributed by atoms with Crippen LogP contribution in [0.5, 0.6) is 11.5 Å². The van der Waals surface area contributed by atoms with Crippen molar-refractivity contribution in [2.75, 3.05) is 19.0 Å². The summed E-state index contributed by atoms with van der Waals surface area (Å²) in [5, 5.41) is 5.08. The molecular weight excluding hydrogens is 504 g/mol. The van der Waals surface area contributed by atoms with Crippen LogP contribution in [-0.2, 0) is 17.8 Å². The van der Waals surface area contributed by atoms with Gasteiger partial charge in [-0.1, -0.05) is 113 Å². The van der Waals surface area contributed by atoms with Gasteiger partial charge in [0.1, 0.15) is 0 Å². The van der Waals surface area contributed by atoms with E-state index in [4.69, 9.17) is 9.47 Å². The van der Waals surface area contributed by atoms with Crippen molar-refractivity contribution in [1.29, 1.82) is 0 Å². The molecule has 0 aliphatic carbocycles. The van der Waals surface area contributed by atoms with Gasteiger partial charge < -0.3 is 14.8 Å². The van der Waals surface area contributed by atoms with Gasteiger partial charge in [-0.15, -0.1) is 0 Å². The van der Waals surface area contributed by atoms with Gasteiger partial charge in [-0.05, 0) is 24.6 Å². The summed E-state index contributed by atoms with van der Waals surface area (Å²) < 4.78 is 13.8. The summed E-state index contributed by atoms with van der Waals surface area (Å²) in [5.74, 6) is 1.29. The number of anilines is 1. The molecule has 0 saturated heterocycles. The van der Waals surface area contributed by atoms with Gasteiger partial charge in [0.05, 0.1) is 25.5 Å². The molecule has 0 aliphatic heterocycles. The molecule has 0 aliphatic rings. The highest BCUT2D eigenvalue weighted by atomic mass is 32.1. The number of ether oxygens (including phenoxy) is 2. The molecule has 0 radical (unpaired) electrons. The van der Waals surface area contributed by atoms with Gasteiger partial charge in [-0.2, -0.15) is 4.57 Å². The van der Waals surface area contributed by atoms with Gasteiger partial charge in [0, 0.05) is 16.8 Å². The Morgan fingerprint density at radius 3 is 2.15 bits per heavy atom. The van der Waals surface area contributed by atoms with Gasteiger partial charge in [0.15, 0.2) is 24.2 Å². The number of hydrogen-bond acceptors (Lipinski definition) is 4. The minimum Gasteiger partial charge on any atom is -0.493 e. The average molecular weight is 552 g/mol. The fraction of sp³-hybridized carbons (Fsp3) is 0.515. The highest BCUT2D eigenvalue weighted by Gasteiger charge is 2.14. The van der Waals surface area contributed by atoms with E-state index in [2.05, 4.69) is 46.0 Å². The van der Waals surface area contributed by atoms with Crippen LogP contribution in [0.3, 0.4) is 0 Å². The second-order valence-electron chi connectivity index (χ2n) is 10.3. The fourth-order valence-corrected chi connectivity index (χ4v) is 5.37. The molecule has 1 amide bonds. The third-order valence-electron chi connectivity index (χ3n) is 7.01. The number of carbonyl (C=O) groups excluding carboxylic acids is 1. The molecule has 0 unspecified atom stereocenters. The van der Waals surface area contributed by atoms with Crippen molar-refractivity contribution in [1.82, 2.24) is 0 Å². The minimum absolute atomic E-state index is 0.0709. The number of benzene rings is 2. The molecule has 1 aromatic heterocycles. The number of nitrogens with one attached hydrogen (secondary N) is 1. The molecule has 0 saturated carbocycles. The lowest BCUT2D eigenvalue weighted by Crippen LogP contribution is -2.30. The predicted octanol–water partition coefficient (Wildman–Crippen LogP) is 8.35. The van der Waals surface area contributed by atoms with E-state index in [9.17, 15) is 4.79 Å². The predicted molar refractivity (Wildman–Crippen MR) is 162 cm³/mol. The first-order valence-electron chi connectivity index (χ1n) is 14.8. The lowest BCUT2D eigenvalue weighted by atomic mass is 10.1. The fourth-order valence-electron chi connectivity index (χ4n) is 4.78. The Bertz CT molecular complexity index is 1070. The van der Waals surface area contributed by atoms with Crippen LogP contribution in [0.4, 0.5) is 5.69 Å². The molecule has 2 aromatic carbocycles. The van der Waals surface area contributed by atoms with E-state index in [1.807, 2.05) is 30.3 Å². The summed E-state index contributed by atoms with van der Waals surface area (Å²) in [6, 6.07) is 13.8. The van der Waals surface area contributed by atoms with Gasteiger partial charge >= 0.3 is 0 Å². The Balaban J connectivity index is 1.37. The molecule has 5 nitrogen and oxygen atoms in total. The Morgan fingerprint density at radius 1 is 0.872 bits per heavy atom. The second-order valence-corrected chi connectivity index (χ2v) is 11.1. The number of para-hydroxylation sites is 1. The molecule has 0 fully saturated rings. The third kappa shape index (κ3) is 11.8. The third-order valence-corrected chi connectivity index (χ3v) is 7.68. The van der Waals surface area contributed by atoms with Crippen LogP contribution in [0, 0.1) is 0 Å². The minimum atomic E-state index is -0.0709.